The number of hydrogen-bond donors (Lipinski definition) is 2. The van der Waals surface area contributed by atoms with Crippen molar-refractivity contribution in [3.63, 3.8) is 0 Å². The number of rotatable bonds is 13. The van der Waals surface area contributed by atoms with E-state index in [0.29, 0.717) is 32.9 Å². The minimum absolute atomic E-state index is 0.606. The molecular weight excluding hydrogens is 378 g/mol. The van der Waals surface area contributed by atoms with E-state index in [2.05, 4.69) is 51.5 Å². The molecule has 30 heavy (non-hydrogen) atoms. The lowest BCUT2D eigenvalue weighted by Gasteiger charge is -2.21. The predicted octanol–water partition coefficient (Wildman–Crippen LogP) is 3.35. The normalized spacial score (nSPS) is 15.1. The van der Waals surface area contributed by atoms with Gasteiger partial charge in [-0.3, -0.25) is 0 Å². The lowest BCUT2D eigenvalue weighted by molar-refractivity contribution is 0.0487. The van der Waals surface area contributed by atoms with Crippen molar-refractivity contribution in [1.29, 1.82) is 0 Å². The number of nitrogens with zero attached hydrogens (tertiary/aromatic N) is 3. The molecule has 0 atom stereocenters. The van der Waals surface area contributed by atoms with Gasteiger partial charge >= 0.3 is 0 Å². The van der Waals surface area contributed by atoms with E-state index in [4.69, 9.17) is 9.47 Å². The standard InChI is InChI=1S/C23H41N5O2/c1-3-5-15-29-17-18-30-16-12-25-23(24-4-2)27-20-21-10-11-22(26-19-21)28-13-8-6-7-9-14-28/h10-11,19H,3-9,12-18,20H2,1-2H3,(H2,24,25,27). The number of aliphatic imine (C=N–C) groups is 1. The van der Waals surface area contributed by atoms with E-state index in [1.807, 2.05) is 6.20 Å². The van der Waals surface area contributed by atoms with Gasteiger partial charge in [-0.05, 0) is 37.8 Å². The van der Waals surface area contributed by atoms with Crippen LogP contribution in [0.15, 0.2) is 23.3 Å². The summed E-state index contributed by atoms with van der Waals surface area (Å²) < 4.78 is 11.1. The highest BCUT2D eigenvalue weighted by molar-refractivity contribution is 5.79. The van der Waals surface area contributed by atoms with Crippen LogP contribution in [0.4, 0.5) is 5.82 Å². The Bertz CT molecular complexity index is 571. The van der Waals surface area contributed by atoms with Crippen molar-refractivity contribution in [3.05, 3.63) is 23.9 Å². The Hall–Kier alpha value is -1.86. The quantitative estimate of drug-likeness (QED) is 0.290. The van der Waals surface area contributed by atoms with Crippen LogP contribution in [-0.2, 0) is 16.0 Å². The lowest BCUT2D eigenvalue weighted by Crippen LogP contribution is -2.39. The lowest BCUT2D eigenvalue weighted by atomic mass is 10.2. The average Bonchev–Trinajstić information content (AvgIpc) is 3.06. The molecule has 1 aromatic rings. The van der Waals surface area contributed by atoms with Crippen molar-refractivity contribution in [2.45, 2.75) is 58.9 Å². The second kappa shape index (κ2) is 15.9. The van der Waals surface area contributed by atoms with Crippen LogP contribution in [0.1, 0.15) is 57.9 Å². The summed E-state index contributed by atoms with van der Waals surface area (Å²) in [6, 6.07) is 4.27. The summed E-state index contributed by atoms with van der Waals surface area (Å²) in [6.07, 6.45) is 9.43. The van der Waals surface area contributed by atoms with E-state index in [0.717, 1.165) is 56.4 Å². The zero-order chi connectivity index (χ0) is 21.3. The third-order valence-electron chi connectivity index (χ3n) is 5.06. The molecule has 0 amide bonds. The summed E-state index contributed by atoms with van der Waals surface area (Å²) in [5.41, 5.74) is 1.12. The van der Waals surface area contributed by atoms with Crippen LogP contribution in [0.3, 0.4) is 0 Å². The van der Waals surface area contributed by atoms with Crippen molar-refractivity contribution in [2.24, 2.45) is 4.99 Å². The fraction of sp³-hybridized carbons (Fsp3) is 0.739. The summed E-state index contributed by atoms with van der Waals surface area (Å²) in [5, 5.41) is 6.59. The summed E-state index contributed by atoms with van der Waals surface area (Å²) >= 11 is 0. The van der Waals surface area contributed by atoms with Gasteiger partial charge in [0.2, 0.25) is 0 Å². The Morgan fingerprint density at radius 3 is 2.43 bits per heavy atom. The largest absolute Gasteiger partial charge is 0.379 e. The van der Waals surface area contributed by atoms with Crippen LogP contribution in [0.5, 0.6) is 0 Å². The van der Waals surface area contributed by atoms with E-state index in [9.17, 15) is 0 Å². The highest BCUT2D eigenvalue weighted by atomic mass is 16.5. The van der Waals surface area contributed by atoms with Gasteiger partial charge in [-0.15, -0.1) is 0 Å². The van der Waals surface area contributed by atoms with Gasteiger partial charge in [-0.1, -0.05) is 32.3 Å². The predicted molar refractivity (Wildman–Crippen MR) is 124 cm³/mol. The molecule has 7 nitrogen and oxygen atoms in total. The SMILES string of the molecule is CCCCOCCOCCNC(=NCc1ccc(N2CCCCCC2)nc1)NCC. The highest BCUT2D eigenvalue weighted by Crippen LogP contribution is 2.17. The molecule has 2 N–H and O–H groups in total. The maximum Gasteiger partial charge on any atom is 0.191 e. The molecule has 7 heteroatoms. The number of guanidine groups is 1. The van der Waals surface area contributed by atoms with E-state index in [1.165, 1.54) is 25.7 Å². The fourth-order valence-corrected chi connectivity index (χ4v) is 3.32. The molecule has 0 unspecified atom stereocenters. The van der Waals surface area contributed by atoms with Gasteiger partial charge in [0.25, 0.3) is 0 Å². The number of ether oxygens (including phenoxy) is 2. The third-order valence-corrected chi connectivity index (χ3v) is 5.06. The topological polar surface area (TPSA) is 71.0 Å². The smallest absolute Gasteiger partial charge is 0.191 e. The zero-order valence-corrected chi connectivity index (χ0v) is 19.0. The summed E-state index contributed by atoms with van der Waals surface area (Å²) in [5.74, 6) is 1.89. The van der Waals surface area contributed by atoms with Crippen molar-refractivity contribution in [1.82, 2.24) is 15.6 Å². The Morgan fingerprint density at radius 1 is 1.00 bits per heavy atom. The van der Waals surface area contributed by atoms with Crippen LogP contribution >= 0.6 is 0 Å². The molecule has 0 radical (unpaired) electrons. The molecule has 0 bridgehead atoms. The van der Waals surface area contributed by atoms with Gasteiger partial charge in [0.05, 0.1) is 26.4 Å². The molecule has 1 saturated heterocycles. The number of anilines is 1. The van der Waals surface area contributed by atoms with Gasteiger partial charge in [-0.25, -0.2) is 9.98 Å². The Labute approximate surface area is 182 Å². The molecule has 1 fully saturated rings. The van der Waals surface area contributed by atoms with Crippen molar-refractivity contribution >= 4 is 11.8 Å². The first-order valence-corrected chi connectivity index (χ1v) is 11.7. The molecule has 1 aliphatic heterocycles. The molecule has 2 rings (SSSR count). The van der Waals surface area contributed by atoms with Crippen molar-refractivity contribution in [3.8, 4) is 0 Å². The van der Waals surface area contributed by atoms with Crippen LogP contribution in [0.2, 0.25) is 0 Å². The number of unbranched alkanes of at least 4 members (excludes halogenated alkanes) is 1. The molecule has 0 aliphatic carbocycles. The van der Waals surface area contributed by atoms with Gasteiger partial charge in [0.1, 0.15) is 5.82 Å². The van der Waals surface area contributed by atoms with Crippen molar-refractivity contribution in [2.75, 3.05) is 57.5 Å². The van der Waals surface area contributed by atoms with E-state index in [-0.39, 0.29) is 0 Å². The zero-order valence-electron chi connectivity index (χ0n) is 19.0. The molecule has 2 heterocycles. The van der Waals surface area contributed by atoms with Gasteiger partial charge in [0.15, 0.2) is 5.96 Å². The van der Waals surface area contributed by atoms with Gasteiger partial charge in [0, 0.05) is 39.0 Å². The third kappa shape index (κ3) is 10.3. The number of hydrogen-bond acceptors (Lipinski definition) is 5. The Morgan fingerprint density at radius 2 is 1.77 bits per heavy atom. The van der Waals surface area contributed by atoms with E-state index >= 15 is 0 Å². The number of pyridine rings is 1. The summed E-state index contributed by atoms with van der Waals surface area (Å²) in [4.78, 5) is 11.7. The molecule has 0 aromatic carbocycles. The first kappa shape index (κ1) is 24.4. The first-order chi connectivity index (χ1) is 14.8. The molecule has 1 aromatic heterocycles. The Balaban J connectivity index is 1.69. The van der Waals surface area contributed by atoms with Crippen LogP contribution < -0.4 is 15.5 Å². The number of aromatic nitrogens is 1. The van der Waals surface area contributed by atoms with E-state index in [1.54, 1.807) is 0 Å². The molecule has 0 spiro atoms. The summed E-state index contributed by atoms with van der Waals surface area (Å²) in [6.45, 7) is 11.4. The summed E-state index contributed by atoms with van der Waals surface area (Å²) in [7, 11) is 0. The number of nitrogens with one attached hydrogen (secondary N) is 2. The Kier molecular flexibility index (Phi) is 12.9. The molecular formula is C23H41N5O2. The minimum Gasteiger partial charge on any atom is -0.379 e. The van der Waals surface area contributed by atoms with Crippen LogP contribution in [0, 0.1) is 0 Å². The second-order valence-electron chi connectivity index (χ2n) is 7.63. The fourth-order valence-electron chi connectivity index (χ4n) is 3.32. The highest BCUT2D eigenvalue weighted by Gasteiger charge is 2.10. The van der Waals surface area contributed by atoms with E-state index < -0.39 is 0 Å². The molecule has 1 aliphatic rings. The van der Waals surface area contributed by atoms with Crippen LogP contribution in [-0.4, -0.2) is 63.6 Å². The molecule has 170 valence electrons. The maximum absolute atomic E-state index is 5.60. The second-order valence-corrected chi connectivity index (χ2v) is 7.63. The molecule has 0 saturated carbocycles. The minimum atomic E-state index is 0.606. The van der Waals surface area contributed by atoms with Gasteiger partial charge < -0.3 is 25.0 Å². The van der Waals surface area contributed by atoms with Crippen molar-refractivity contribution < 1.29 is 9.47 Å². The maximum atomic E-state index is 5.60. The van der Waals surface area contributed by atoms with Crippen LogP contribution in [0.25, 0.3) is 0 Å². The van der Waals surface area contributed by atoms with Gasteiger partial charge in [-0.2, -0.15) is 0 Å². The first-order valence-electron chi connectivity index (χ1n) is 11.7. The average molecular weight is 420 g/mol. The monoisotopic (exact) mass is 419 g/mol.